The number of allylic oxidation sites excluding steroid dienone is 1. The largest absolute Gasteiger partial charge is 0.434 e. The summed E-state index contributed by atoms with van der Waals surface area (Å²) in [5.74, 6) is -2.54. The van der Waals surface area contributed by atoms with Gasteiger partial charge in [0.05, 0.1) is 17.6 Å². The predicted octanol–water partition coefficient (Wildman–Crippen LogP) is 4.42. The Balaban J connectivity index is 1.88. The van der Waals surface area contributed by atoms with Crippen LogP contribution in [0.5, 0.6) is 0 Å². The summed E-state index contributed by atoms with van der Waals surface area (Å²) >= 11 is 7.31. The number of ether oxygens (including phenoxy) is 3. The van der Waals surface area contributed by atoms with Crippen LogP contribution in [0.15, 0.2) is 42.0 Å². The van der Waals surface area contributed by atoms with Crippen molar-refractivity contribution in [2.24, 2.45) is 5.92 Å². The maximum absolute atomic E-state index is 12.5. The lowest BCUT2D eigenvalue weighted by Crippen LogP contribution is -2.67. The highest BCUT2D eigenvalue weighted by atomic mass is 35.5. The molecule has 0 aromatic heterocycles. The number of benzene rings is 1. The predicted molar refractivity (Wildman–Crippen MR) is 138 cm³/mol. The first-order valence-corrected chi connectivity index (χ1v) is 13.5. The van der Waals surface area contributed by atoms with Gasteiger partial charge in [-0.2, -0.15) is 16.2 Å². The Bertz CT molecular complexity index is 974. The molecule has 6 atom stereocenters. The van der Waals surface area contributed by atoms with E-state index in [2.05, 4.69) is 6.08 Å². The normalized spacial score (nSPS) is 33.5. The van der Waals surface area contributed by atoms with Crippen LogP contribution in [0.25, 0.3) is 0 Å². The number of hydrogen-bond acceptors (Lipinski definition) is 8. The van der Waals surface area contributed by atoms with Gasteiger partial charge in [0.15, 0.2) is 0 Å². The molecule has 2 fully saturated rings. The third-order valence-electron chi connectivity index (χ3n) is 7.00. The summed E-state index contributed by atoms with van der Waals surface area (Å²) in [4.78, 5) is 24.0. The number of halogens is 1. The first-order chi connectivity index (χ1) is 16.9. The lowest BCUT2D eigenvalue weighted by atomic mass is 9.65. The zero-order valence-electron chi connectivity index (χ0n) is 21.4. The summed E-state index contributed by atoms with van der Waals surface area (Å²) in [6, 6.07) is 9.95. The number of epoxide rings is 1. The van der Waals surface area contributed by atoms with Gasteiger partial charge in [-0.25, -0.2) is 4.79 Å². The van der Waals surface area contributed by atoms with Crippen LogP contribution in [0.4, 0.5) is 4.79 Å². The summed E-state index contributed by atoms with van der Waals surface area (Å²) in [5.41, 5.74) is 0.157. The number of amides is 2. The van der Waals surface area contributed by atoms with E-state index in [4.69, 9.17) is 26.0 Å². The molecule has 2 amide bonds. The number of carbonyl (C=O) groups is 2. The number of imide groups is 1. The van der Waals surface area contributed by atoms with Gasteiger partial charge in [0.2, 0.25) is 11.7 Å². The second kappa shape index (κ2) is 11.4. The van der Waals surface area contributed by atoms with E-state index in [-0.39, 0.29) is 23.4 Å². The average Bonchev–Trinajstić information content (AvgIpc) is 3.49. The van der Waals surface area contributed by atoms with Crippen molar-refractivity contribution in [3.8, 4) is 0 Å². The minimum Gasteiger partial charge on any atom is -0.413 e. The van der Waals surface area contributed by atoms with Crippen LogP contribution in [0.1, 0.15) is 52.5 Å². The SMILES string of the molecule is COC1C(C2(C)OC2CC=C(C)C)C(O)(CSCc2ccccc2)CCC1(O)OC(=O)N(Cl)C(C)=O. The van der Waals surface area contributed by atoms with Crippen molar-refractivity contribution >= 4 is 35.5 Å². The number of carbonyl (C=O) groups excluding carboxylic acids is 2. The molecule has 8 nitrogen and oxygen atoms in total. The molecule has 10 heteroatoms. The van der Waals surface area contributed by atoms with E-state index >= 15 is 0 Å². The van der Waals surface area contributed by atoms with Crippen LogP contribution in [-0.4, -0.2) is 68.7 Å². The molecular formula is C26H36ClNO7S. The highest BCUT2D eigenvalue weighted by Crippen LogP contribution is 2.57. The van der Waals surface area contributed by atoms with Crippen LogP contribution in [0.2, 0.25) is 0 Å². The van der Waals surface area contributed by atoms with E-state index in [0.29, 0.717) is 17.9 Å². The number of rotatable bonds is 9. The summed E-state index contributed by atoms with van der Waals surface area (Å²) < 4.78 is 17.5. The van der Waals surface area contributed by atoms with E-state index in [0.717, 1.165) is 18.1 Å². The molecule has 1 aromatic rings. The molecule has 1 aliphatic carbocycles. The fourth-order valence-electron chi connectivity index (χ4n) is 5.07. The van der Waals surface area contributed by atoms with Crippen molar-refractivity contribution in [2.45, 2.75) is 81.9 Å². The number of hydrogen-bond donors (Lipinski definition) is 2. The van der Waals surface area contributed by atoms with Crippen molar-refractivity contribution < 1.29 is 34.0 Å². The zero-order valence-corrected chi connectivity index (χ0v) is 23.0. The minimum atomic E-state index is -2.12. The summed E-state index contributed by atoms with van der Waals surface area (Å²) in [6.45, 7) is 6.99. The molecule has 3 rings (SSSR count). The second-order valence-electron chi connectivity index (χ2n) is 10.0. The zero-order chi connectivity index (χ0) is 26.7. The molecule has 0 radical (unpaired) electrons. The van der Waals surface area contributed by atoms with Gasteiger partial charge in [-0.15, -0.1) is 0 Å². The Morgan fingerprint density at radius 3 is 2.47 bits per heavy atom. The molecule has 200 valence electrons. The molecule has 0 bridgehead atoms. The molecule has 2 aliphatic rings. The van der Waals surface area contributed by atoms with Crippen molar-refractivity contribution in [1.29, 1.82) is 0 Å². The quantitative estimate of drug-likeness (QED) is 0.205. The Hall–Kier alpha value is -1.62. The molecule has 1 saturated carbocycles. The molecule has 0 spiro atoms. The number of thioether (sulfide) groups is 1. The van der Waals surface area contributed by atoms with Gasteiger partial charge < -0.3 is 24.4 Å². The van der Waals surface area contributed by atoms with Gasteiger partial charge in [-0.1, -0.05) is 42.0 Å². The van der Waals surface area contributed by atoms with E-state index in [1.54, 1.807) is 11.8 Å². The topological polar surface area (TPSA) is 109 Å². The van der Waals surface area contributed by atoms with E-state index < -0.39 is 41.0 Å². The molecule has 6 unspecified atom stereocenters. The van der Waals surface area contributed by atoms with Gasteiger partial charge in [0, 0.05) is 43.7 Å². The fourth-order valence-corrected chi connectivity index (χ4v) is 6.31. The minimum absolute atomic E-state index is 0.104. The van der Waals surface area contributed by atoms with Gasteiger partial charge in [0.25, 0.3) is 0 Å². The summed E-state index contributed by atoms with van der Waals surface area (Å²) in [6.07, 6.45) is 0.175. The molecule has 1 saturated heterocycles. The first-order valence-electron chi connectivity index (χ1n) is 12.0. The van der Waals surface area contributed by atoms with Gasteiger partial charge in [-0.05, 0) is 39.2 Å². The lowest BCUT2D eigenvalue weighted by molar-refractivity contribution is -0.295. The van der Waals surface area contributed by atoms with E-state index in [1.165, 1.54) is 7.11 Å². The highest BCUT2D eigenvalue weighted by molar-refractivity contribution is 7.98. The molecule has 36 heavy (non-hydrogen) atoms. The molecule has 1 aliphatic heterocycles. The number of nitrogens with zero attached hydrogens (tertiary/aromatic N) is 1. The Kier molecular flexibility index (Phi) is 9.17. The Morgan fingerprint density at radius 1 is 1.22 bits per heavy atom. The lowest BCUT2D eigenvalue weighted by Gasteiger charge is -2.52. The maximum atomic E-state index is 12.5. The Morgan fingerprint density at radius 2 is 1.89 bits per heavy atom. The second-order valence-corrected chi connectivity index (χ2v) is 11.4. The number of methoxy groups -OCH3 is 1. The summed E-state index contributed by atoms with van der Waals surface area (Å²) in [7, 11) is 1.39. The standard InChI is InChI=1S/C26H36ClNO7S/c1-17(2)11-12-20-24(4,34-20)21-22(33-5)26(32,35-23(30)28(27)18(3)29)14-13-25(21,31)16-36-15-19-9-7-6-8-10-19/h6-11,20-22,31-32H,12-16H2,1-5H3. The van der Waals surface area contributed by atoms with Crippen molar-refractivity contribution in [1.82, 2.24) is 4.42 Å². The van der Waals surface area contributed by atoms with Crippen LogP contribution in [-0.2, 0) is 24.8 Å². The van der Waals surface area contributed by atoms with Crippen molar-refractivity contribution in [3.05, 3.63) is 47.5 Å². The van der Waals surface area contributed by atoms with Gasteiger partial charge in [0.1, 0.15) is 11.7 Å². The van der Waals surface area contributed by atoms with Crippen LogP contribution in [0, 0.1) is 5.92 Å². The molecule has 1 heterocycles. The molecule has 2 N–H and O–H groups in total. The number of aliphatic hydroxyl groups is 2. The maximum Gasteiger partial charge on any atom is 0.434 e. The van der Waals surface area contributed by atoms with Gasteiger partial charge >= 0.3 is 6.09 Å². The highest BCUT2D eigenvalue weighted by Gasteiger charge is 2.70. The first kappa shape index (κ1) is 28.9. The Labute approximate surface area is 222 Å². The van der Waals surface area contributed by atoms with E-state index in [1.807, 2.05) is 51.1 Å². The average molecular weight is 542 g/mol. The smallest absolute Gasteiger partial charge is 0.413 e. The van der Waals surface area contributed by atoms with Gasteiger partial charge in [-0.3, -0.25) is 4.79 Å². The summed E-state index contributed by atoms with van der Waals surface area (Å²) in [5, 5.41) is 23.5. The van der Waals surface area contributed by atoms with Crippen LogP contribution < -0.4 is 0 Å². The van der Waals surface area contributed by atoms with Crippen LogP contribution in [0.3, 0.4) is 0 Å². The fraction of sp³-hybridized carbons (Fsp3) is 0.615. The van der Waals surface area contributed by atoms with E-state index in [9.17, 15) is 19.8 Å². The van der Waals surface area contributed by atoms with Crippen molar-refractivity contribution in [2.75, 3.05) is 12.9 Å². The van der Waals surface area contributed by atoms with Crippen LogP contribution >= 0.6 is 23.5 Å². The third-order valence-corrected chi connectivity index (χ3v) is 8.61. The monoisotopic (exact) mass is 541 g/mol. The van der Waals surface area contributed by atoms with Crippen molar-refractivity contribution in [3.63, 3.8) is 0 Å². The molecular weight excluding hydrogens is 506 g/mol. The third kappa shape index (κ3) is 6.26. The molecule has 1 aromatic carbocycles.